The molecule has 4 rings (SSSR count). The normalized spacial score (nSPS) is 11.0. The third kappa shape index (κ3) is 4.35. The molecule has 0 unspecified atom stereocenters. The Morgan fingerprint density at radius 1 is 1.03 bits per heavy atom. The average molecular weight is 443 g/mol. The third-order valence-electron chi connectivity index (χ3n) is 4.68. The number of hydrogen-bond acceptors (Lipinski definition) is 6. The van der Waals surface area contributed by atoms with Crippen LogP contribution in [0.4, 0.5) is 0 Å². The number of rotatable bonds is 6. The van der Waals surface area contributed by atoms with E-state index in [1.54, 1.807) is 43.6 Å². The van der Waals surface area contributed by atoms with Gasteiger partial charge in [0.15, 0.2) is 0 Å². The van der Waals surface area contributed by atoms with Gasteiger partial charge in [-0.05, 0) is 54.6 Å². The second kappa shape index (κ2) is 9.40. The van der Waals surface area contributed by atoms with E-state index in [9.17, 15) is 14.4 Å². The third-order valence-corrected chi connectivity index (χ3v) is 5.74. The molecule has 0 saturated heterocycles. The van der Waals surface area contributed by atoms with Crippen molar-refractivity contribution in [3.63, 3.8) is 0 Å². The predicted octanol–water partition coefficient (Wildman–Crippen LogP) is 3.95. The summed E-state index contributed by atoms with van der Waals surface area (Å²) in [5.41, 5.74) is 2.35. The van der Waals surface area contributed by atoms with Crippen LogP contribution in [0, 0.1) is 0 Å². The lowest BCUT2D eigenvalue weighted by Gasteiger charge is -2.08. The smallest absolute Gasteiger partial charge is 0.311 e. The van der Waals surface area contributed by atoms with E-state index in [0.717, 1.165) is 25.6 Å². The molecule has 8 heteroatoms. The minimum absolute atomic E-state index is 0.183. The van der Waals surface area contributed by atoms with Crippen molar-refractivity contribution in [3.8, 4) is 0 Å². The lowest BCUT2D eigenvalue weighted by atomic mass is 10.2. The highest BCUT2D eigenvalue weighted by molar-refractivity contribution is 7.99. The number of carbonyl (C=O) groups excluding carboxylic acids is 3. The molecule has 0 saturated carbocycles. The molecule has 0 aliphatic rings. The van der Waals surface area contributed by atoms with Gasteiger partial charge in [0.05, 0.1) is 22.5 Å². The van der Waals surface area contributed by atoms with Crippen molar-refractivity contribution in [2.24, 2.45) is 0 Å². The standard InChI is InChI=1S/C24H18N4O3S/c1-25-24(31)19-7-2-3-8-22(19)32-17-10-11-18-20(12-9-16-6-4-5-13-26-16)27-28(21(18)14-17)23(30)15-29/h2-15H,1H3,(H,25,31)/b12-9+. The van der Waals surface area contributed by atoms with Crippen molar-refractivity contribution in [1.82, 2.24) is 20.1 Å². The molecule has 0 atom stereocenters. The Labute approximate surface area is 188 Å². The molecule has 7 nitrogen and oxygen atoms in total. The summed E-state index contributed by atoms with van der Waals surface area (Å²) in [6, 6.07) is 18.3. The van der Waals surface area contributed by atoms with Crippen LogP contribution in [0.3, 0.4) is 0 Å². The molecular formula is C24H18N4O3S. The lowest BCUT2D eigenvalue weighted by Crippen LogP contribution is -2.18. The van der Waals surface area contributed by atoms with Crippen molar-refractivity contribution >= 4 is 52.9 Å². The second-order valence-electron chi connectivity index (χ2n) is 6.70. The van der Waals surface area contributed by atoms with Crippen LogP contribution in [-0.4, -0.2) is 39.9 Å². The summed E-state index contributed by atoms with van der Waals surface area (Å²) < 4.78 is 1.09. The highest BCUT2D eigenvalue weighted by Crippen LogP contribution is 2.33. The van der Waals surface area contributed by atoms with Gasteiger partial charge in [-0.15, -0.1) is 0 Å². The number of fused-ring (bicyclic) bond motifs is 1. The number of nitrogens with one attached hydrogen (secondary N) is 1. The molecule has 2 heterocycles. The SMILES string of the molecule is CNC(=O)c1ccccc1Sc1ccc2c(/C=C/c3ccccn3)nn(C(=O)C=O)c2c1. The molecule has 0 spiro atoms. The number of benzene rings is 2. The van der Waals surface area contributed by atoms with E-state index in [-0.39, 0.29) is 12.2 Å². The lowest BCUT2D eigenvalue weighted by molar-refractivity contribution is -0.105. The van der Waals surface area contributed by atoms with Gasteiger partial charge in [0, 0.05) is 28.4 Å². The van der Waals surface area contributed by atoms with Gasteiger partial charge in [-0.2, -0.15) is 9.78 Å². The maximum absolute atomic E-state index is 12.2. The Morgan fingerprint density at radius 3 is 2.59 bits per heavy atom. The van der Waals surface area contributed by atoms with Crippen molar-refractivity contribution in [1.29, 1.82) is 0 Å². The molecular weight excluding hydrogens is 424 g/mol. The van der Waals surface area contributed by atoms with E-state index in [4.69, 9.17) is 0 Å². The number of hydrogen-bond donors (Lipinski definition) is 1. The van der Waals surface area contributed by atoms with Crippen LogP contribution in [0.25, 0.3) is 23.1 Å². The Morgan fingerprint density at radius 2 is 1.84 bits per heavy atom. The fourth-order valence-electron chi connectivity index (χ4n) is 3.17. The summed E-state index contributed by atoms with van der Waals surface area (Å²) in [7, 11) is 1.58. The quantitative estimate of drug-likeness (QED) is 0.359. The van der Waals surface area contributed by atoms with E-state index in [2.05, 4.69) is 15.4 Å². The Hall–Kier alpha value is -4.04. The van der Waals surface area contributed by atoms with Crippen LogP contribution in [0.15, 0.2) is 76.7 Å². The zero-order valence-electron chi connectivity index (χ0n) is 17.1. The van der Waals surface area contributed by atoms with E-state index in [1.165, 1.54) is 11.8 Å². The van der Waals surface area contributed by atoms with Gasteiger partial charge >= 0.3 is 5.91 Å². The van der Waals surface area contributed by atoms with Gasteiger partial charge in [-0.25, -0.2) is 0 Å². The number of carbonyl (C=O) groups is 3. The molecule has 158 valence electrons. The highest BCUT2D eigenvalue weighted by Gasteiger charge is 2.16. The summed E-state index contributed by atoms with van der Waals surface area (Å²) in [5.74, 6) is -0.947. The van der Waals surface area contributed by atoms with Gasteiger partial charge in [-0.1, -0.05) is 30.0 Å². The van der Waals surface area contributed by atoms with E-state index in [1.807, 2.05) is 42.5 Å². The second-order valence-corrected chi connectivity index (χ2v) is 7.81. The molecule has 4 aromatic rings. The van der Waals surface area contributed by atoms with Crippen LogP contribution < -0.4 is 5.32 Å². The first-order valence-corrected chi connectivity index (χ1v) is 10.5. The average Bonchev–Trinajstić information content (AvgIpc) is 3.20. The van der Waals surface area contributed by atoms with Gasteiger partial charge in [-0.3, -0.25) is 19.4 Å². The fraction of sp³-hybridized carbons (Fsp3) is 0.0417. The number of aldehydes is 1. The highest BCUT2D eigenvalue weighted by atomic mass is 32.2. The van der Waals surface area contributed by atoms with Crippen LogP contribution in [0.1, 0.15) is 26.5 Å². The summed E-state index contributed by atoms with van der Waals surface area (Å²) in [5, 5.41) is 7.69. The Balaban J connectivity index is 1.75. The number of amides is 1. The summed E-state index contributed by atoms with van der Waals surface area (Å²) in [6.07, 6.45) is 5.47. The van der Waals surface area contributed by atoms with Gasteiger partial charge in [0.1, 0.15) is 0 Å². The maximum atomic E-state index is 12.2. The molecule has 0 fully saturated rings. The summed E-state index contributed by atoms with van der Waals surface area (Å²) in [4.78, 5) is 41.4. The van der Waals surface area contributed by atoms with Crippen LogP contribution in [0.5, 0.6) is 0 Å². The zero-order chi connectivity index (χ0) is 22.5. The van der Waals surface area contributed by atoms with E-state index >= 15 is 0 Å². The van der Waals surface area contributed by atoms with Crippen LogP contribution in [-0.2, 0) is 4.79 Å². The molecule has 2 aromatic carbocycles. The predicted molar refractivity (Wildman–Crippen MR) is 124 cm³/mol. The van der Waals surface area contributed by atoms with Gasteiger partial charge in [0.2, 0.25) is 6.29 Å². The monoisotopic (exact) mass is 442 g/mol. The largest absolute Gasteiger partial charge is 0.355 e. The molecule has 0 aliphatic heterocycles. The van der Waals surface area contributed by atoms with Crippen molar-refractivity contribution in [2.45, 2.75) is 9.79 Å². The van der Waals surface area contributed by atoms with E-state index in [0.29, 0.717) is 16.8 Å². The van der Waals surface area contributed by atoms with Crippen molar-refractivity contribution in [3.05, 3.63) is 83.8 Å². The number of nitrogens with zero attached hydrogens (tertiary/aromatic N) is 3. The molecule has 1 amide bonds. The first-order valence-electron chi connectivity index (χ1n) is 9.71. The maximum Gasteiger partial charge on any atom is 0.311 e. The molecule has 1 N–H and O–H groups in total. The molecule has 2 aromatic heterocycles. The Bertz CT molecular complexity index is 1350. The first kappa shape index (κ1) is 21.2. The molecule has 32 heavy (non-hydrogen) atoms. The zero-order valence-corrected chi connectivity index (χ0v) is 17.9. The summed E-state index contributed by atoms with van der Waals surface area (Å²) in [6.45, 7) is 0. The van der Waals surface area contributed by atoms with Crippen molar-refractivity contribution in [2.75, 3.05) is 7.05 Å². The van der Waals surface area contributed by atoms with Crippen molar-refractivity contribution < 1.29 is 14.4 Å². The summed E-state index contributed by atoms with van der Waals surface area (Å²) >= 11 is 1.39. The first-order chi connectivity index (χ1) is 15.6. The minimum Gasteiger partial charge on any atom is -0.355 e. The number of pyridine rings is 1. The van der Waals surface area contributed by atoms with Gasteiger partial charge < -0.3 is 5.32 Å². The van der Waals surface area contributed by atoms with Crippen LogP contribution >= 0.6 is 11.8 Å². The van der Waals surface area contributed by atoms with E-state index < -0.39 is 5.91 Å². The van der Waals surface area contributed by atoms with Crippen LogP contribution in [0.2, 0.25) is 0 Å². The minimum atomic E-state index is -0.764. The molecule has 0 radical (unpaired) electrons. The Kier molecular flexibility index (Phi) is 6.23. The topological polar surface area (TPSA) is 93.9 Å². The van der Waals surface area contributed by atoms with Gasteiger partial charge in [0.25, 0.3) is 5.91 Å². The fourth-order valence-corrected chi connectivity index (χ4v) is 4.14. The molecule has 0 bridgehead atoms. The number of aromatic nitrogens is 3. The molecule has 0 aliphatic carbocycles.